The molecule has 0 bridgehead atoms. The summed E-state index contributed by atoms with van der Waals surface area (Å²) in [5.74, 6) is 0. The van der Waals surface area contributed by atoms with Crippen LogP contribution in [0.2, 0.25) is 0 Å². The number of nitrogens with zero attached hydrogens (tertiary/aromatic N) is 2. The summed E-state index contributed by atoms with van der Waals surface area (Å²) in [4.78, 5) is 2.53. The summed E-state index contributed by atoms with van der Waals surface area (Å²) >= 11 is 1.85. The normalized spacial score (nSPS) is 16.9. The fraction of sp³-hybridized carbons (Fsp3) is 1.00. The third-order valence-electron chi connectivity index (χ3n) is 2.72. The summed E-state index contributed by atoms with van der Waals surface area (Å²) < 4.78 is 2.42. The van der Waals surface area contributed by atoms with Gasteiger partial charge in [0, 0.05) is 65.5 Å². The Balaban J connectivity index is 0. The van der Waals surface area contributed by atoms with Gasteiger partial charge in [0.15, 0.2) is 0 Å². The first-order chi connectivity index (χ1) is 7.86. The van der Waals surface area contributed by atoms with Crippen LogP contribution in [-0.4, -0.2) is 59.9 Å². The molecule has 1 aliphatic rings. The van der Waals surface area contributed by atoms with Gasteiger partial charge < -0.3 is 10.0 Å². The summed E-state index contributed by atoms with van der Waals surface area (Å²) in [6.07, 6.45) is 5.51. The van der Waals surface area contributed by atoms with Gasteiger partial charge in [-0.2, -0.15) is 0 Å². The van der Waals surface area contributed by atoms with Crippen molar-refractivity contribution < 1.29 is 37.8 Å². The fourth-order valence-electron chi connectivity index (χ4n) is 1.76. The van der Waals surface area contributed by atoms with E-state index in [-0.39, 0.29) is 32.7 Å². The van der Waals surface area contributed by atoms with E-state index in [1.54, 1.807) is 0 Å². The molecule has 0 aromatic rings. The molecule has 1 N–H and O–H groups in total. The zero-order valence-corrected chi connectivity index (χ0v) is 15.3. The second kappa shape index (κ2) is 15.4. The van der Waals surface area contributed by atoms with Gasteiger partial charge in [-0.05, 0) is 32.1 Å². The van der Waals surface area contributed by atoms with Crippen molar-refractivity contribution in [2.24, 2.45) is 0 Å². The maximum absolute atomic E-state index is 8.65. The van der Waals surface area contributed by atoms with Gasteiger partial charge in [0.05, 0.1) is 0 Å². The maximum Gasteiger partial charge on any atom is 0.0431 e. The molecular weight excluding hydrogens is 309 g/mol. The largest absolute Gasteiger partial charge is 0.396 e. The van der Waals surface area contributed by atoms with E-state index in [9.17, 15) is 0 Å². The molecule has 1 rings (SSSR count). The number of aliphatic hydroxyl groups excluding tert-OH is 1. The minimum absolute atomic E-state index is 0. The van der Waals surface area contributed by atoms with Crippen molar-refractivity contribution in [3.05, 3.63) is 0 Å². The van der Waals surface area contributed by atoms with Crippen LogP contribution in [0.25, 0.3) is 0 Å². The van der Waals surface area contributed by atoms with Crippen LogP contribution in [-0.2, 0) is 32.7 Å². The predicted molar refractivity (Wildman–Crippen MR) is 73.8 cm³/mol. The topological polar surface area (TPSA) is 26.7 Å². The number of unbranched alkanes of at least 4 members (excludes halogenated alkanes) is 2. The Labute approximate surface area is 137 Å². The van der Waals surface area contributed by atoms with Gasteiger partial charge in [0.2, 0.25) is 0 Å². The Bertz CT molecular complexity index is 144. The molecule has 0 aliphatic carbocycles. The number of rotatable bonds is 6. The molecule has 5 heteroatoms. The molecule has 0 saturated carbocycles. The summed E-state index contributed by atoms with van der Waals surface area (Å²) in [7, 11) is 0. The molecule has 101 valence electrons. The molecule has 0 aromatic carbocycles. The zero-order chi connectivity index (χ0) is 12.2. The predicted octanol–water partition coefficient (Wildman–Crippen LogP) is 2.07. The molecule has 1 saturated heterocycles. The van der Waals surface area contributed by atoms with E-state index in [4.69, 9.17) is 5.11 Å². The average molecular weight is 337 g/mol. The van der Waals surface area contributed by atoms with Gasteiger partial charge in [0.25, 0.3) is 0 Å². The summed E-state index contributed by atoms with van der Waals surface area (Å²) in [5.41, 5.74) is 0. The monoisotopic (exact) mass is 337 g/mol. The van der Waals surface area contributed by atoms with Crippen LogP contribution in [0.1, 0.15) is 33.1 Å². The Morgan fingerprint density at radius 1 is 1.00 bits per heavy atom. The van der Waals surface area contributed by atoms with Crippen LogP contribution in [0.15, 0.2) is 0 Å². The van der Waals surface area contributed by atoms with Crippen molar-refractivity contribution in [2.75, 3.05) is 45.6 Å². The van der Waals surface area contributed by atoms with Crippen LogP contribution >= 0.6 is 11.9 Å². The van der Waals surface area contributed by atoms with Crippen LogP contribution in [0.5, 0.6) is 0 Å². The van der Waals surface area contributed by atoms with Gasteiger partial charge in [0.1, 0.15) is 0 Å². The van der Waals surface area contributed by atoms with E-state index < -0.39 is 0 Å². The van der Waals surface area contributed by atoms with Crippen molar-refractivity contribution in [1.29, 1.82) is 0 Å². The van der Waals surface area contributed by atoms with Gasteiger partial charge in [-0.3, -0.25) is 0 Å². The molecule has 0 unspecified atom stereocenters. The maximum atomic E-state index is 8.65. The van der Waals surface area contributed by atoms with E-state index in [0.717, 1.165) is 6.42 Å². The second-order valence-electron chi connectivity index (χ2n) is 3.74. The van der Waals surface area contributed by atoms with E-state index in [1.807, 2.05) is 25.8 Å². The second-order valence-corrected chi connectivity index (χ2v) is 4.62. The van der Waals surface area contributed by atoms with E-state index in [1.165, 1.54) is 45.6 Å². The summed E-state index contributed by atoms with van der Waals surface area (Å²) in [6, 6.07) is 0. The SMILES string of the molecule is CC.CSN1CCN(CCCCCO)CC1.[Y]. The minimum atomic E-state index is 0. The molecular formula is C12H28N2OSY. The molecule has 1 aliphatic heterocycles. The number of aliphatic hydroxyl groups is 1. The molecule has 1 radical (unpaired) electrons. The first-order valence-electron chi connectivity index (χ1n) is 6.49. The van der Waals surface area contributed by atoms with Crippen LogP contribution in [0, 0.1) is 0 Å². The minimum Gasteiger partial charge on any atom is -0.396 e. The Morgan fingerprint density at radius 3 is 2.06 bits per heavy atom. The number of piperazine rings is 1. The Hall–Kier alpha value is 1.33. The van der Waals surface area contributed by atoms with E-state index >= 15 is 0 Å². The quantitative estimate of drug-likeness (QED) is 0.593. The van der Waals surface area contributed by atoms with Crippen LogP contribution in [0.4, 0.5) is 0 Å². The smallest absolute Gasteiger partial charge is 0.0431 e. The molecule has 3 nitrogen and oxygen atoms in total. The molecule has 0 aromatic heterocycles. The number of hydrogen-bond donors (Lipinski definition) is 1. The Morgan fingerprint density at radius 2 is 1.59 bits per heavy atom. The molecule has 17 heavy (non-hydrogen) atoms. The summed E-state index contributed by atoms with van der Waals surface area (Å²) in [6.45, 7) is 10.4. The van der Waals surface area contributed by atoms with Crippen molar-refractivity contribution in [3.63, 3.8) is 0 Å². The molecule has 0 atom stereocenters. The molecule has 0 amide bonds. The Kier molecular flexibility index (Phi) is 18.7. The first kappa shape index (κ1) is 20.6. The van der Waals surface area contributed by atoms with Crippen LogP contribution in [0.3, 0.4) is 0 Å². The third kappa shape index (κ3) is 10.9. The van der Waals surface area contributed by atoms with Crippen molar-refractivity contribution in [1.82, 2.24) is 9.21 Å². The fourth-order valence-corrected chi connectivity index (χ4v) is 2.29. The van der Waals surface area contributed by atoms with E-state index in [0.29, 0.717) is 6.61 Å². The van der Waals surface area contributed by atoms with Gasteiger partial charge in [-0.1, -0.05) is 25.8 Å². The van der Waals surface area contributed by atoms with Crippen molar-refractivity contribution in [3.8, 4) is 0 Å². The molecule has 1 fully saturated rings. The van der Waals surface area contributed by atoms with Gasteiger partial charge >= 0.3 is 0 Å². The molecule has 0 spiro atoms. The zero-order valence-electron chi connectivity index (χ0n) is 11.7. The van der Waals surface area contributed by atoms with Crippen LogP contribution < -0.4 is 0 Å². The summed E-state index contributed by atoms with van der Waals surface area (Å²) in [5, 5.41) is 8.65. The van der Waals surface area contributed by atoms with Crippen molar-refractivity contribution in [2.45, 2.75) is 33.1 Å². The number of hydrogen-bond acceptors (Lipinski definition) is 4. The molecule has 1 heterocycles. The van der Waals surface area contributed by atoms with E-state index in [2.05, 4.69) is 15.5 Å². The first-order valence-corrected chi connectivity index (χ1v) is 7.67. The standard InChI is InChI=1S/C10H22N2OS.C2H6.Y/c1-14-12-8-6-11(7-9-12)5-3-2-4-10-13;1-2;/h13H,2-10H2,1H3;1-2H3;. The van der Waals surface area contributed by atoms with Gasteiger partial charge in [-0.15, -0.1) is 0 Å². The van der Waals surface area contributed by atoms with Crippen molar-refractivity contribution >= 4 is 11.9 Å². The third-order valence-corrected chi connectivity index (χ3v) is 3.60. The average Bonchev–Trinajstić information content (AvgIpc) is 2.38. The van der Waals surface area contributed by atoms with Gasteiger partial charge in [-0.25, -0.2) is 4.31 Å².